The molecule has 1 aromatic carbocycles. The minimum atomic E-state index is -0.453. The summed E-state index contributed by atoms with van der Waals surface area (Å²) in [5, 5.41) is 2.56. The number of ether oxygens (including phenoxy) is 2. The molecule has 0 fully saturated rings. The molecule has 0 unspecified atom stereocenters. The van der Waals surface area contributed by atoms with Gasteiger partial charge in [0.25, 0.3) is 0 Å². The molecule has 112 valence electrons. The van der Waals surface area contributed by atoms with Crippen molar-refractivity contribution in [2.24, 2.45) is 0 Å². The third kappa shape index (κ3) is 4.37. The number of methoxy groups -OCH3 is 1. The van der Waals surface area contributed by atoms with Gasteiger partial charge in [0, 0.05) is 25.2 Å². The van der Waals surface area contributed by atoms with Crippen molar-refractivity contribution in [1.29, 1.82) is 0 Å². The fourth-order valence-corrected chi connectivity index (χ4v) is 1.70. The Balaban J connectivity index is 1.93. The summed E-state index contributed by atoms with van der Waals surface area (Å²) in [7, 11) is 1.55. The minimum Gasteiger partial charge on any atom is -0.382 e. The van der Waals surface area contributed by atoms with Crippen LogP contribution in [0.3, 0.4) is 0 Å². The maximum Gasteiger partial charge on any atom is 0.250 e. The van der Waals surface area contributed by atoms with Gasteiger partial charge in [-0.05, 0) is 18.2 Å². The zero-order valence-corrected chi connectivity index (χ0v) is 11.6. The number of hydrogen-bond acceptors (Lipinski definition) is 4. The number of amides is 1. The number of hydrogen-bond donors (Lipinski definition) is 1. The smallest absolute Gasteiger partial charge is 0.250 e. The third-order valence-electron chi connectivity index (χ3n) is 2.68. The Morgan fingerprint density at radius 2 is 2.29 bits per heavy atom. The quantitative estimate of drug-likeness (QED) is 0.788. The lowest BCUT2D eigenvalue weighted by molar-refractivity contribution is -0.121. The number of carbonyl (C=O) groups excluding carboxylic acids is 1. The number of imidazole rings is 1. The molecule has 2 rings (SSSR count). The van der Waals surface area contributed by atoms with E-state index in [1.807, 2.05) is 0 Å². The maximum absolute atomic E-state index is 14.0. The summed E-state index contributed by atoms with van der Waals surface area (Å²) in [4.78, 5) is 15.4. The Kier molecular flexibility index (Phi) is 5.42. The van der Waals surface area contributed by atoms with Crippen molar-refractivity contribution in [2.45, 2.75) is 0 Å². The van der Waals surface area contributed by atoms with E-state index in [1.165, 1.54) is 12.4 Å². The Hall–Kier alpha value is -2.25. The number of benzene rings is 1. The summed E-state index contributed by atoms with van der Waals surface area (Å²) >= 11 is 0. The molecule has 2 aromatic rings. The van der Waals surface area contributed by atoms with Crippen LogP contribution < -0.4 is 5.32 Å². The van der Waals surface area contributed by atoms with Crippen molar-refractivity contribution < 1.29 is 18.7 Å². The molecule has 6 nitrogen and oxygen atoms in total. The highest BCUT2D eigenvalue weighted by molar-refractivity contribution is 5.91. The van der Waals surface area contributed by atoms with Crippen LogP contribution in [0.25, 0.3) is 5.69 Å². The number of carbonyl (C=O) groups is 1. The van der Waals surface area contributed by atoms with E-state index in [2.05, 4.69) is 10.3 Å². The van der Waals surface area contributed by atoms with E-state index in [1.54, 1.807) is 36.2 Å². The predicted molar refractivity (Wildman–Crippen MR) is 74.8 cm³/mol. The monoisotopic (exact) mass is 293 g/mol. The van der Waals surface area contributed by atoms with Gasteiger partial charge in [0.05, 0.1) is 25.2 Å². The lowest BCUT2D eigenvalue weighted by Gasteiger charge is -2.09. The summed E-state index contributed by atoms with van der Waals surface area (Å²) in [5.74, 6) is -0.799. The van der Waals surface area contributed by atoms with E-state index in [0.29, 0.717) is 24.6 Å². The second-order valence-electron chi connectivity index (χ2n) is 4.23. The van der Waals surface area contributed by atoms with Crippen molar-refractivity contribution in [3.8, 4) is 5.69 Å². The van der Waals surface area contributed by atoms with Crippen molar-refractivity contribution >= 4 is 11.6 Å². The van der Waals surface area contributed by atoms with Crippen molar-refractivity contribution in [3.63, 3.8) is 0 Å². The van der Waals surface area contributed by atoms with Crippen LogP contribution in [0.5, 0.6) is 0 Å². The molecule has 0 aliphatic rings. The molecule has 0 aliphatic carbocycles. The summed E-state index contributed by atoms with van der Waals surface area (Å²) < 4.78 is 25.4. The number of rotatable bonds is 7. The standard InChI is InChI=1S/C14H16FN3O3/c1-20-6-7-21-9-14(19)17-11-2-3-13(12(15)8-11)18-5-4-16-10-18/h2-5,8,10H,6-7,9H2,1H3,(H,17,19). The average molecular weight is 293 g/mol. The molecule has 0 radical (unpaired) electrons. The van der Waals surface area contributed by atoms with Gasteiger partial charge in [0.2, 0.25) is 5.91 Å². The summed E-state index contributed by atoms with van der Waals surface area (Å²) in [6.45, 7) is 0.646. The first-order valence-electron chi connectivity index (χ1n) is 6.35. The zero-order chi connectivity index (χ0) is 15.1. The normalized spacial score (nSPS) is 10.6. The van der Waals surface area contributed by atoms with Gasteiger partial charge in [-0.15, -0.1) is 0 Å². The Morgan fingerprint density at radius 3 is 2.95 bits per heavy atom. The number of anilines is 1. The molecule has 1 N–H and O–H groups in total. The van der Waals surface area contributed by atoms with E-state index in [4.69, 9.17) is 9.47 Å². The van der Waals surface area contributed by atoms with Crippen LogP contribution >= 0.6 is 0 Å². The number of halogens is 1. The van der Waals surface area contributed by atoms with Gasteiger partial charge in [-0.3, -0.25) is 4.79 Å². The number of nitrogens with one attached hydrogen (secondary N) is 1. The SMILES string of the molecule is COCCOCC(=O)Nc1ccc(-n2ccnc2)c(F)c1. The number of aromatic nitrogens is 2. The van der Waals surface area contributed by atoms with E-state index < -0.39 is 5.82 Å². The van der Waals surface area contributed by atoms with Gasteiger partial charge in [0.1, 0.15) is 12.4 Å². The van der Waals surface area contributed by atoms with Gasteiger partial charge in [0.15, 0.2) is 0 Å². The Labute approximate surface area is 121 Å². The van der Waals surface area contributed by atoms with Crippen LogP contribution in [0.4, 0.5) is 10.1 Å². The molecule has 21 heavy (non-hydrogen) atoms. The minimum absolute atomic E-state index is 0.103. The highest BCUT2D eigenvalue weighted by Gasteiger charge is 2.08. The summed E-state index contributed by atoms with van der Waals surface area (Å²) in [6, 6.07) is 4.44. The first-order chi connectivity index (χ1) is 10.2. The second kappa shape index (κ2) is 7.51. The third-order valence-corrected chi connectivity index (χ3v) is 2.68. The highest BCUT2D eigenvalue weighted by atomic mass is 19.1. The first-order valence-corrected chi connectivity index (χ1v) is 6.35. The predicted octanol–water partition coefficient (Wildman–Crippen LogP) is 1.61. The number of nitrogens with zero attached hydrogens (tertiary/aromatic N) is 2. The van der Waals surface area contributed by atoms with Gasteiger partial charge in [-0.2, -0.15) is 0 Å². The van der Waals surface area contributed by atoms with Gasteiger partial charge in [-0.1, -0.05) is 0 Å². The van der Waals surface area contributed by atoms with Crippen molar-refractivity contribution in [2.75, 3.05) is 32.2 Å². The zero-order valence-electron chi connectivity index (χ0n) is 11.6. The Morgan fingerprint density at radius 1 is 1.43 bits per heavy atom. The van der Waals surface area contributed by atoms with Crippen LogP contribution in [0.2, 0.25) is 0 Å². The molecular weight excluding hydrogens is 277 g/mol. The van der Waals surface area contributed by atoms with E-state index >= 15 is 0 Å². The van der Waals surface area contributed by atoms with Crippen LogP contribution in [0.15, 0.2) is 36.9 Å². The molecule has 0 bridgehead atoms. The van der Waals surface area contributed by atoms with E-state index in [0.717, 1.165) is 0 Å². The van der Waals surface area contributed by atoms with Crippen LogP contribution in [0.1, 0.15) is 0 Å². The molecule has 0 saturated heterocycles. The molecule has 0 spiro atoms. The second-order valence-corrected chi connectivity index (χ2v) is 4.23. The first kappa shape index (κ1) is 15.1. The lowest BCUT2D eigenvalue weighted by Crippen LogP contribution is -2.19. The summed E-state index contributed by atoms with van der Waals surface area (Å²) in [6.07, 6.45) is 4.70. The Bertz CT molecular complexity index is 587. The molecule has 1 amide bonds. The fourth-order valence-electron chi connectivity index (χ4n) is 1.70. The molecule has 0 saturated carbocycles. The van der Waals surface area contributed by atoms with Gasteiger partial charge in [-0.25, -0.2) is 9.37 Å². The molecule has 1 heterocycles. The molecular formula is C14H16FN3O3. The van der Waals surface area contributed by atoms with Crippen molar-refractivity contribution in [3.05, 3.63) is 42.7 Å². The lowest BCUT2D eigenvalue weighted by atomic mass is 10.2. The summed E-state index contributed by atoms with van der Waals surface area (Å²) in [5.41, 5.74) is 0.735. The maximum atomic E-state index is 14.0. The van der Waals surface area contributed by atoms with Crippen molar-refractivity contribution in [1.82, 2.24) is 9.55 Å². The van der Waals surface area contributed by atoms with Gasteiger partial charge >= 0.3 is 0 Å². The van der Waals surface area contributed by atoms with Crippen LogP contribution in [-0.2, 0) is 14.3 Å². The van der Waals surface area contributed by atoms with E-state index in [9.17, 15) is 9.18 Å². The topological polar surface area (TPSA) is 65.4 Å². The average Bonchev–Trinajstić information content (AvgIpc) is 2.98. The highest BCUT2D eigenvalue weighted by Crippen LogP contribution is 2.17. The molecule has 0 aliphatic heterocycles. The molecule has 7 heteroatoms. The molecule has 0 atom stereocenters. The fraction of sp³-hybridized carbons (Fsp3) is 0.286. The van der Waals surface area contributed by atoms with Crippen LogP contribution in [0, 0.1) is 5.82 Å². The largest absolute Gasteiger partial charge is 0.382 e. The van der Waals surface area contributed by atoms with Gasteiger partial charge < -0.3 is 19.4 Å². The molecule has 1 aromatic heterocycles. The van der Waals surface area contributed by atoms with Crippen LogP contribution in [-0.4, -0.2) is 42.4 Å². The van der Waals surface area contributed by atoms with E-state index in [-0.39, 0.29) is 12.5 Å².